The molecular weight excluding hydrogens is 266 g/mol. The lowest BCUT2D eigenvalue weighted by Crippen LogP contribution is -2.29. The maximum Gasteiger partial charge on any atom is 0.223 e. The Labute approximate surface area is 126 Å². The molecule has 1 aromatic heterocycles. The Bertz CT molecular complexity index is 516. The van der Waals surface area contributed by atoms with Crippen LogP contribution in [0.1, 0.15) is 36.1 Å². The molecule has 0 N–H and O–H groups in total. The van der Waals surface area contributed by atoms with E-state index in [2.05, 4.69) is 16.9 Å². The Hall–Kier alpha value is -1.49. The number of likely N-dealkylation sites (tertiary alicyclic amines) is 1. The molecule has 2 heterocycles. The Morgan fingerprint density at radius 3 is 2.76 bits per heavy atom. The zero-order valence-electron chi connectivity index (χ0n) is 13.5. The van der Waals surface area contributed by atoms with Crippen molar-refractivity contribution in [3.63, 3.8) is 0 Å². The highest BCUT2D eigenvalue weighted by molar-refractivity contribution is 5.78. The van der Waals surface area contributed by atoms with Gasteiger partial charge >= 0.3 is 0 Å². The van der Waals surface area contributed by atoms with E-state index in [1.165, 1.54) is 5.56 Å². The number of hydrogen-bond acceptors (Lipinski definition) is 4. The Morgan fingerprint density at radius 1 is 1.33 bits per heavy atom. The first-order chi connectivity index (χ1) is 10.0. The first kappa shape index (κ1) is 15.9. The molecule has 116 valence electrons. The van der Waals surface area contributed by atoms with Gasteiger partial charge < -0.3 is 9.64 Å². The van der Waals surface area contributed by atoms with Crippen molar-refractivity contribution < 1.29 is 9.53 Å². The molecule has 0 radical (unpaired) electrons. The smallest absolute Gasteiger partial charge is 0.223 e. The van der Waals surface area contributed by atoms with E-state index in [1.807, 2.05) is 18.7 Å². The predicted octanol–water partition coefficient (Wildman–Crippen LogP) is 1.69. The maximum atomic E-state index is 12.0. The van der Waals surface area contributed by atoms with Gasteiger partial charge in [0.2, 0.25) is 5.91 Å². The van der Waals surface area contributed by atoms with E-state index in [9.17, 15) is 4.79 Å². The molecule has 2 rings (SSSR count). The standard InChI is InChI=1S/C16H25N3O2/c1-5-14-11(2)17-12(3)18-15(14)8-13-9-16(20)19(10-13)6-7-21-4/h13H,5-10H2,1-4H3/t13-/m1/s1. The van der Waals surface area contributed by atoms with Gasteiger partial charge in [0.1, 0.15) is 5.82 Å². The van der Waals surface area contributed by atoms with Crippen molar-refractivity contribution in [2.24, 2.45) is 5.92 Å². The van der Waals surface area contributed by atoms with Crippen LogP contribution in [0.25, 0.3) is 0 Å². The molecule has 1 aliphatic heterocycles. The first-order valence-corrected chi connectivity index (χ1v) is 7.64. The van der Waals surface area contributed by atoms with Crippen LogP contribution in [0.4, 0.5) is 0 Å². The molecule has 1 aromatic rings. The number of amides is 1. The van der Waals surface area contributed by atoms with Gasteiger partial charge in [0.05, 0.1) is 6.61 Å². The Balaban J connectivity index is 2.07. The van der Waals surface area contributed by atoms with Crippen LogP contribution in [0.3, 0.4) is 0 Å². The van der Waals surface area contributed by atoms with E-state index >= 15 is 0 Å². The van der Waals surface area contributed by atoms with Gasteiger partial charge in [0.25, 0.3) is 0 Å². The summed E-state index contributed by atoms with van der Waals surface area (Å²) >= 11 is 0. The summed E-state index contributed by atoms with van der Waals surface area (Å²) in [6.07, 6.45) is 2.42. The lowest BCUT2D eigenvalue weighted by atomic mass is 9.97. The molecule has 0 spiro atoms. The van der Waals surface area contributed by atoms with E-state index in [4.69, 9.17) is 4.74 Å². The SMILES string of the molecule is CCc1c(C)nc(C)nc1C[C@@H]1CC(=O)N(CCOC)C1. The van der Waals surface area contributed by atoms with Crippen LogP contribution in [-0.2, 0) is 22.4 Å². The summed E-state index contributed by atoms with van der Waals surface area (Å²) in [5, 5.41) is 0. The van der Waals surface area contributed by atoms with Crippen molar-refractivity contribution in [1.82, 2.24) is 14.9 Å². The number of carbonyl (C=O) groups is 1. The van der Waals surface area contributed by atoms with Gasteiger partial charge in [-0.2, -0.15) is 0 Å². The summed E-state index contributed by atoms with van der Waals surface area (Å²) in [7, 11) is 1.66. The number of hydrogen-bond donors (Lipinski definition) is 0. The van der Waals surface area contributed by atoms with Gasteiger partial charge in [-0.05, 0) is 38.2 Å². The average Bonchev–Trinajstić information content (AvgIpc) is 2.76. The fourth-order valence-electron chi connectivity index (χ4n) is 3.12. The molecule has 0 aromatic carbocycles. The zero-order valence-corrected chi connectivity index (χ0v) is 13.5. The monoisotopic (exact) mass is 291 g/mol. The lowest BCUT2D eigenvalue weighted by Gasteiger charge is -2.17. The molecular formula is C16H25N3O2. The molecule has 5 heteroatoms. The molecule has 0 bridgehead atoms. The third-order valence-electron chi connectivity index (χ3n) is 4.11. The van der Waals surface area contributed by atoms with E-state index in [-0.39, 0.29) is 5.91 Å². The second-order valence-corrected chi connectivity index (χ2v) is 5.74. The lowest BCUT2D eigenvalue weighted by molar-refractivity contribution is -0.128. The summed E-state index contributed by atoms with van der Waals surface area (Å²) in [6, 6.07) is 0. The summed E-state index contributed by atoms with van der Waals surface area (Å²) in [6.45, 7) is 8.21. The minimum atomic E-state index is 0.234. The van der Waals surface area contributed by atoms with Crippen LogP contribution in [-0.4, -0.2) is 47.6 Å². The van der Waals surface area contributed by atoms with Crippen LogP contribution < -0.4 is 0 Å². The number of rotatable bonds is 6. The zero-order chi connectivity index (χ0) is 15.4. The number of aryl methyl sites for hydroxylation is 2. The maximum absolute atomic E-state index is 12.0. The first-order valence-electron chi connectivity index (χ1n) is 7.64. The molecule has 21 heavy (non-hydrogen) atoms. The fraction of sp³-hybridized carbons (Fsp3) is 0.688. The van der Waals surface area contributed by atoms with Gasteiger partial charge in [-0.15, -0.1) is 0 Å². The summed E-state index contributed by atoms with van der Waals surface area (Å²) in [5.74, 6) is 1.41. The molecule has 1 fully saturated rings. The van der Waals surface area contributed by atoms with E-state index in [0.717, 1.165) is 36.6 Å². The normalized spacial score (nSPS) is 18.6. The van der Waals surface area contributed by atoms with Crippen LogP contribution in [0, 0.1) is 19.8 Å². The van der Waals surface area contributed by atoms with Gasteiger partial charge in [0.15, 0.2) is 0 Å². The quantitative estimate of drug-likeness (QED) is 0.800. The van der Waals surface area contributed by atoms with Gasteiger partial charge in [-0.1, -0.05) is 6.92 Å². The van der Waals surface area contributed by atoms with Crippen LogP contribution in [0.5, 0.6) is 0 Å². The molecule has 1 atom stereocenters. The molecule has 1 saturated heterocycles. The van der Waals surface area contributed by atoms with Gasteiger partial charge in [-0.25, -0.2) is 9.97 Å². The van der Waals surface area contributed by atoms with E-state index in [1.54, 1.807) is 7.11 Å². The second-order valence-electron chi connectivity index (χ2n) is 5.74. The van der Waals surface area contributed by atoms with Crippen molar-refractivity contribution in [2.45, 2.75) is 40.0 Å². The summed E-state index contributed by atoms with van der Waals surface area (Å²) < 4.78 is 5.06. The van der Waals surface area contributed by atoms with Crippen LogP contribution in [0.15, 0.2) is 0 Å². The average molecular weight is 291 g/mol. The highest BCUT2D eigenvalue weighted by atomic mass is 16.5. The molecule has 1 aliphatic rings. The highest BCUT2D eigenvalue weighted by Gasteiger charge is 2.30. The Kier molecular flexibility index (Phi) is 5.28. The van der Waals surface area contributed by atoms with Gasteiger partial charge in [-0.3, -0.25) is 4.79 Å². The third-order valence-corrected chi connectivity index (χ3v) is 4.11. The largest absolute Gasteiger partial charge is 0.383 e. The van der Waals surface area contributed by atoms with Crippen molar-refractivity contribution in [2.75, 3.05) is 26.8 Å². The van der Waals surface area contributed by atoms with E-state index < -0.39 is 0 Å². The number of ether oxygens (including phenoxy) is 1. The summed E-state index contributed by atoms with van der Waals surface area (Å²) in [4.78, 5) is 23.0. The molecule has 1 amide bonds. The highest BCUT2D eigenvalue weighted by Crippen LogP contribution is 2.23. The molecule has 5 nitrogen and oxygen atoms in total. The van der Waals surface area contributed by atoms with Crippen LogP contribution >= 0.6 is 0 Å². The molecule has 0 aliphatic carbocycles. The van der Waals surface area contributed by atoms with Crippen molar-refractivity contribution in [3.8, 4) is 0 Å². The minimum Gasteiger partial charge on any atom is -0.383 e. The van der Waals surface area contributed by atoms with E-state index in [0.29, 0.717) is 25.5 Å². The summed E-state index contributed by atoms with van der Waals surface area (Å²) in [5.41, 5.74) is 3.43. The topological polar surface area (TPSA) is 55.3 Å². The van der Waals surface area contributed by atoms with Crippen molar-refractivity contribution in [1.29, 1.82) is 0 Å². The second kappa shape index (κ2) is 6.98. The number of methoxy groups -OCH3 is 1. The van der Waals surface area contributed by atoms with Gasteiger partial charge in [0, 0.05) is 38.0 Å². The molecule has 0 unspecified atom stereocenters. The Morgan fingerprint density at radius 2 is 2.10 bits per heavy atom. The number of carbonyl (C=O) groups excluding carboxylic acids is 1. The number of aromatic nitrogens is 2. The third kappa shape index (κ3) is 3.79. The van der Waals surface area contributed by atoms with Crippen molar-refractivity contribution in [3.05, 3.63) is 22.8 Å². The fourth-order valence-corrected chi connectivity index (χ4v) is 3.12. The minimum absolute atomic E-state index is 0.234. The molecule has 0 saturated carbocycles. The number of nitrogens with zero attached hydrogens (tertiary/aromatic N) is 3. The van der Waals surface area contributed by atoms with Crippen LogP contribution in [0.2, 0.25) is 0 Å². The predicted molar refractivity (Wildman–Crippen MR) is 81.2 cm³/mol. The van der Waals surface area contributed by atoms with Crippen molar-refractivity contribution >= 4 is 5.91 Å².